The molecule has 6 heteroatoms. The Morgan fingerprint density at radius 3 is 2.48 bits per heavy atom. The maximum absolute atomic E-state index is 5.77. The highest BCUT2D eigenvalue weighted by Gasteiger charge is 2.13. The fourth-order valence-electron chi connectivity index (χ4n) is 2.49. The van der Waals surface area contributed by atoms with Crippen molar-refractivity contribution < 1.29 is 14.2 Å². The van der Waals surface area contributed by atoms with Crippen LogP contribution in [-0.2, 0) is 4.74 Å². The van der Waals surface area contributed by atoms with Crippen LogP contribution in [0.15, 0.2) is 23.2 Å². The zero-order chi connectivity index (χ0) is 18.7. The second-order valence-corrected chi connectivity index (χ2v) is 5.95. The lowest BCUT2D eigenvalue weighted by Crippen LogP contribution is -2.34. The standard InChI is InChI=1S/C19H33N3O3/c1-7-24-16(14(3)4)11-12-21-19(20-5)22-15-9-10-17(23-6)18(13-15)25-8-2/h9-10,13-14,16H,7-8,11-12H2,1-6H3,(H2,20,21,22). The Kier molecular flexibility index (Phi) is 9.77. The van der Waals surface area contributed by atoms with E-state index in [9.17, 15) is 0 Å². The molecule has 1 atom stereocenters. The van der Waals surface area contributed by atoms with Crippen LogP contribution in [0.5, 0.6) is 11.5 Å². The molecule has 0 amide bonds. The minimum atomic E-state index is 0.251. The van der Waals surface area contributed by atoms with Gasteiger partial charge in [0.2, 0.25) is 0 Å². The molecule has 0 bridgehead atoms. The lowest BCUT2D eigenvalue weighted by Gasteiger charge is -2.21. The topological polar surface area (TPSA) is 64.1 Å². The molecule has 0 saturated carbocycles. The number of anilines is 1. The van der Waals surface area contributed by atoms with Gasteiger partial charge in [0.15, 0.2) is 17.5 Å². The predicted molar refractivity (Wildman–Crippen MR) is 104 cm³/mol. The second-order valence-electron chi connectivity index (χ2n) is 5.95. The van der Waals surface area contributed by atoms with Gasteiger partial charge in [-0.3, -0.25) is 4.99 Å². The highest BCUT2D eigenvalue weighted by molar-refractivity contribution is 5.93. The van der Waals surface area contributed by atoms with Crippen molar-refractivity contribution in [2.24, 2.45) is 10.9 Å². The van der Waals surface area contributed by atoms with Crippen molar-refractivity contribution in [3.8, 4) is 11.5 Å². The molecule has 142 valence electrons. The van der Waals surface area contributed by atoms with Crippen LogP contribution < -0.4 is 20.1 Å². The Labute approximate surface area is 152 Å². The number of nitrogens with zero attached hydrogens (tertiary/aromatic N) is 1. The molecule has 0 spiro atoms. The molecule has 2 N–H and O–H groups in total. The maximum atomic E-state index is 5.77. The molecule has 1 aromatic carbocycles. The summed E-state index contributed by atoms with van der Waals surface area (Å²) in [6.07, 6.45) is 1.18. The summed E-state index contributed by atoms with van der Waals surface area (Å²) in [6.45, 7) is 10.5. The van der Waals surface area contributed by atoms with Gasteiger partial charge in [0.1, 0.15) is 0 Å². The first-order chi connectivity index (χ1) is 12.0. The number of hydrogen-bond acceptors (Lipinski definition) is 4. The van der Waals surface area contributed by atoms with Crippen molar-refractivity contribution in [1.82, 2.24) is 5.32 Å². The van der Waals surface area contributed by atoms with Gasteiger partial charge < -0.3 is 24.8 Å². The van der Waals surface area contributed by atoms with Gasteiger partial charge in [-0.2, -0.15) is 0 Å². The fourth-order valence-corrected chi connectivity index (χ4v) is 2.49. The molecule has 0 aromatic heterocycles. The van der Waals surface area contributed by atoms with E-state index in [1.165, 1.54) is 0 Å². The summed E-state index contributed by atoms with van der Waals surface area (Å²) in [6, 6.07) is 5.72. The summed E-state index contributed by atoms with van der Waals surface area (Å²) in [4.78, 5) is 4.27. The first-order valence-corrected chi connectivity index (χ1v) is 8.95. The Morgan fingerprint density at radius 1 is 1.16 bits per heavy atom. The minimum absolute atomic E-state index is 0.251. The smallest absolute Gasteiger partial charge is 0.195 e. The summed E-state index contributed by atoms with van der Waals surface area (Å²) in [7, 11) is 3.39. The number of benzene rings is 1. The highest BCUT2D eigenvalue weighted by Crippen LogP contribution is 2.30. The average molecular weight is 351 g/mol. The van der Waals surface area contributed by atoms with Crippen molar-refractivity contribution in [2.45, 2.75) is 40.2 Å². The van der Waals surface area contributed by atoms with Gasteiger partial charge in [-0.25, -0.2) is 0 Å². The molecule has 0 aliphatic rings. The molecule has 0 fully saturated rings. The Morgan fingerprint density at radius 2 is 1.92 bits per heavy atom. The summed E-state index contributed by atoms with van der Waals surface area (Å²) in [5, 5.41) is 6.60. The van der Waals surface area contributed by atoms with E-state index in [0.29, 0.717) is 30.0 Å². The lowest BCUT2D eigenvalue weighted by atomic mass is 10.0. The zero-order valence-corrected chi connectivity index (χ0v) is 16.4. The van der Waals surface area contributed by atoms with Crippen LogP contribution in [0.25, 0.3) is 0 Å². The monoisotopic (exact) mass is 351 g/mol. The number of hydrogen-bond donors (Lipinski definition) is 2. The zero-order valence-electron chi connectivity index (χ0n) is 16.4. The Balaban J connectivity index is 2.62. The van der Waals surface area contributed by atoms with E-state index in [2.05, 4.69) is 29.5 Å². The van der Waals surface area contributed by atoms with Crippen LogP contribution in [0.2, 0.25) is 0 Å². The van der Waals surface area contributed by atoms with E-state index in [4.69, 9.17) is 14.2 Å². The molecule has 1 rings (SSSR count). The van der Waals surface area contributed by atoms with E-state index in [1.807, 2.05) is 32.0 Å². The quantitative estimate of drug-likeness (QED) is 0.499. The minimum Gasteiger partial charge on any atom is -0.493 e. The Bertz CT molecular complexity index is 533. The van der Waals surface area contributed by atoms with Crippen LogP contribution in [-0.4, -0.2) is 46.0 Å². The van der Waals surface area contributed by atoms with Gasteiger partial charge in [0.25, 0.3) is 0 Å². The van der Waals surface area contributed by atoms with Crippen LogP contribution in [0.3, 0.4) is 0 Å². The lowest BCUT2D eigenvalue weighted by molar-refractivity contribution is 0.0258. The third-order valence-electron chi connectivity index (χ3n) is 3.80. The molecular weight excluding hydrogens is 318 g/mol. The molecular formula is C19H33N3O3. The van der Waals surface area contributed by atoms with Gasteiger partial charge in [-0.1, -0.05) is 13.8 Å². The third kappa shape index (κ3) is 7.22. The first-order valence-electron chi connectivity index (χ1n) is 8.95. The molecule has 25 heavy (non-hydrogen) atoms. The molecule has 0 radical (unpaired) electrons. The van der Waals surface area contributed by atoms with Gasteiger partial charge in [0, 0.05) is 32.0 Å². The highest BCUT2D eigenvalue weighted by atomic mass is 16.5. The van der Waals surface area contributed by atoms with Crippen molar-refractivity contribution in [1.29, 1.82) is 0 Å². The van der Waals surface area contributed by atoms with E-state index < -0.39 is 0 Å². The van der Waals surface area contributed by atoms with Gasteiger partial charge >= 0.3 is 0 Å². The van der Waals surface area contributed by atoms with Gasteiger partial charge in [-0.05, 0) is 38.3 Å². The van der Waals surface area contributed by atoms with E-state index in [-0.39, 0.29) is 6.10 Å². The SMILES string of the molecule is CCOc1cc(NC(=NC)NCCC(OCC)C(C)C)ccc1OC. The van der Waals surface area contributed by atoms with Crippen LogP contribution in [0.1, 0.15) is 34.1 Å². The van der Waals surface area contributed by atoms with Crippen molar-refractivity contribution in [3.63, 3.8) is 0 Å². The van der Waals surface area contributed by atoms with Crippen LogP contribution in [0, 0.1) is 5.92 Å². The van der Waals surface area contributed by atoms with Crippen LogP contribution >= 0.6 is 0 Å². The normalized spacial score (nSPS) is 12.8. The molecule has 1 aromatic rings. The first kappa shape index (κ1) is 21.1. The van der Waals surface area contributed by atoms with Crippen LogP contribution in [0.4, 0.5) is 5.69 Å². The summed E-state index contributed by atoms with van der Waals surface area (Å²) in [5.41, 5.74) is 0.891. The number of ether oxygens (including phenoxy) is 3. The molecule has 1 unspecified atom stereocenters. The van der Waals surface area contributed by atoms with Crippen molar-refractivity contribution in [2.75, 3.05) is 39.2 Å². The summed E-state index contributed by atoms with van der Waals surface area (Å²) < 4.78 is 16.7. The number of guanidine groups is 1. The average Bonchev–Trinajstić information content (AvgIpc) is 2.60. The molecule has 0 heterocycles. The largest absolute Gasteiger partial charge is 0.493 e. The number of methoxy groups -OCH3 is 1. The van der Waals surface area contributed by atoms with Gasteiger partial charge in [0.05, 0.1) is 19.8 Å². The number of rotatable bonds is 10. The summed E-state index contributed by atoms with van der Waals surface area (Å²) >= 11 is 0. The van der Waals surface area contributed by atoms with E-state index in [0.717, 1.165) is 25.3 Å². The van der Waals surface area contributed by atoms with Crippen molar-refractivity contribution >= 4 is 11.6 Å². The third-order valence-corrected chi connectivity index (χ3v) is 3.80. The molecule has 0 aliphatic carbocycles. The van der Waals surface area contributed by atoms with Gasteiger partial charge in [-0.15, -0.1) is 0 Å². The summed E-state index contributed by atoms with van der Waals surface area (Å²) in [5.74, 6) is 2.63. The number of aliphatic imine (C=N–C) groups is 1. The fraction of sp³-hybridized carbons (Fsp3) is 0.632. The molecule has 0 aliphatic heterocycles. The number of nitrogens with one attached hydrogen (secondary N) is 2. The van der Waals surface area contributed by atoms with E-state index in [1.54, 1.807) is 14.2 Å². The molecule has 0 saturated heterocycles. The second kappa shape index (κ2) is 11.6. The van der Waals surface area contributed by atoms with E-state index >= 15 is 0 Å². The van der Waals surface area contributed by atoms with Crippen molar-refractivity contribution in [3.05, 3.63) is 18.2 Å². The maximum Gasteiger partial charge on any atom is 0.195 e. The predicted octanol–water partition coefficient (Wildman–Crippen LogP) is 3.53. The Hall–Kier alpha value is -1.95. The molecule has 6 nitrogen and oxygen atoms in total.